The minimum atomic E-state index is -0.0803. The van der Waals surface area contributed by atoms with Gasteiger partial charge in [-0.2, -0.15) is 5.26 Å². The maximum Gasteiger partial charge on any atom is 0.202 e. The first-order valence-electron chi connectivity index (χ1n) is 9.77. The van der Waals surface area contributed by atoms with Crippen LogP contribution in [0.25, 0.3) is 48.4 Å². The van der Waals surface area contributed by atoms with Crippen LogP contribution in [0.15, 0.2) is 42.6 Å². The van der Waals surface area contributed by atoms with E-state index in [1.54, 1.807) is 12.3 Å². The normalized spacial score (nSPS) is 11.7. The highest BCUT2D eigenvalue weighted by Crippen LogP contribution is 2.50. The Morgan fingerprint density at radius 3 is 2.22 bits per heavy atom. The number of hydrogen-bond donors (Lipinski definition) is 0. The molecule has 0 N–H and O–H groups in total. The lowest BCUT2D eigenvalue weighted by Crippen LogP contribution is -2.23. The van der Waals surface area contributed by atoms with Gasteiger partial charge in [-0.25, -0.2) is 0 Å². The van der Waals surface area contributed by atoms with E-state index in [0.29, 0.717) is 21.7 Å². The van der Waals surface area contributed by atoms with Crippen LogP contribution < -0.4 is 10.4 Å². The van der Waals surface area contributed by atoms with Crippen LogP contribution in [0.5, 0.6) is 0 Å². The number of fused-ring (bicyclic) bond motifs is 3. The maximum absolute atomic E-state index is 10.0. The number of pyridine rings is 1. The van der Waals surface area contributed by atoms with Crippen molar-refractivity contribution in [2.24, 2.45) is 0 Å². The Balaban J connectivity index is 2.46. The van der Waals surface area contributed by atoms with Crippen LogP contribution in [0.3, 0.4) is 0 Å². The summed E-state index contributed by atoms with van der Waals surface area (Å²) in [4.78, 5) is 15.2. The molecule has 0 spiro atoms. The largest absolute Gasteiger partial charge is 0.262 e. The highest BCUT2D eigenvalue weighted by Gasteiger charge is 2.25. The van der Waals surface area contributed by atoms with Gasteiger partial charge in [0.2, 0.25) is 11.4 Å². The van der Waals surface area contributed by atoms with Crippen LogP contribution in [-0.2, 0) is 0 Å². The van der Waals surface area contributed by atoms with Gasteiger partial charge in [0.1, 0.15) is 0 Å². The number of rotatable bonds is 1. The summed E-state index contributed by atoms with van der Waals surface area (Å²) >= 11 is 0. The molecule has 0 unspecified atom stereocenters. The molecule has 0 amide bonds. The second-order valence-corrected chi connectivity index (χ2v) is 7.12. The molecular weight excluding hydrogens is 394 g/mol. The zero-order valence-electron chi connectivity index (χ0n) is 17.4. The zero-order valence-corrected chi connectivity index (χ0v) is 17.4. The van der Waals surface area contributed by atoms with Crippen LogP contribution in [-0.4, -0.2) is 4.98 Å². The highest BCUT2D eigenvalue weighted by atomic mass is 14.8. The Morgan fingerprint density at radius 2 is 1.59 bits per heavy atom. The van der Waals surface area contributed by atoms with E-state index in [4.69, 9.17) is 19.7 Å². The lowest BCUT2D eigenvalue weighted by Gasteiger charge is -2.17. The highest BCUT2D eigenvalue weighted by molar-refractivity contribution is 6.23. The molecule has 1 aromatic heterocycles. The number of hydrogen-bond acceptors (Lipinski definition) is 2. The van der Waals surface area contributed by atoms with Crippen molar-refractivity contribution in [2.75, 3.05) is 0 Å². The van der Waals surface area contributed by atoms with Gasteiger partial charge in [-0.3, -0.25) is 19.5 Å². The summed E-state index contributed by atoms with van der Waals surface area (Å²) < 4.78 is 0. The van der Waals surface area contributed by atoms with Crippen molar-refractivity contribution in [1.29, 1.82) is 5.26 Å². The van der Waals surface area contributed by atoms with E-state index in [1.807, 2.05) is 56.3 Å². The molecule has 3 aromatic carbocycles. The van der Waals surface area contributed by atoms with Crippen LogP contribution in [0.2, 0.25) is 0 Å². The molecule has 0 aliphatic carbocycles. The maximum atomic E-state index is 10.0. The third-order valence-corrected chi connectivity index (χ3v) is 5.58. The first-order chi connectivity index (χ1) is 15.6. The predicted octanol–water partition coefficient (Wildman–Crippen LogP) is 5.85. The van der Waals surface area contributed by atoms with E-state index < -0.39 is 0 Å². The SMILES string of the molecule is [C-]#[N+]c1c([N+]#[C-])c(C#N)c2c(c(/C=c3/cccc/c3=C/C)c(C)c3ncccc32)c1[N+]#[C-]. The third-order valence-electron chi connectivity index (χ3n) is 5.58. The van der Waals surface area contributed by atoms with Crippen molar-refractivity contribution >= 4 is 50.9 Å². The molecule has 0 saturated heterocycles. The summed E-state index contributed by atoms with van der Waals surface area (Å²) in [6.07, 6.45) is 5.66. The zero-order chi connectivity index (χ0) is 22.8. The smallest absolute Gasteiger partial charge is 0.202 e. The molecule has 4 rings (SSSR count). The van der Waals surface area contributed by atoms with Gasteiger partial charge in [-0.15, -0.1) is 0 Å². The molecule has 148 valence electrons. The van der Waals surface area contributed by atoms with Gasteiger partial charge in [-0.1, -0.05) is 36.4 Å². The van der Waals surface area contributed by atoms with Gasteiger partial charge >= 0.3 is 0 Å². The summed E-state index contributed by atoms with van der Waals surface area (Å²) in [6, 6.07) is 13.6. The van der Waals surface area contributed by atoms with Crippen molar-refractivity contribution in [2.45, 2.75) is 13.8 Å². The van der Waals surface area contributed by atoms with Crippen LogP contribution in [0, 0.1) is 38.0 Å². The van der Waals surface area contributed by atoms with Crippen molar-refractivity contribution in [3.05, 3.63) is 104 Å². The Labute approximate surface area is 185 Å². The molecular formula is C27H15N5. The van der Waals surface area contributed by atoms with Crippen molar-refractivity contribution in [3.63, 3.8) is 0 Å². The first-order valence-corrected chi connectivity index (χ1v) is 9.77. The molecule has 5 heteroatoms. The standard InChI is InChI=1S/C27H15N5/c1-6-17-10-7-8-11-18(17)14-20-16(2)24-19(12-9-13-32-24)22-21(15-28)25(29-3)27(31-5)26(30-4)23(20)22/h6-14H,1-2H3/b17-6-,18-14-. The molecule has 0 atom stereocenters. The first kappa shape index (κ1) is 20.3. The van der Waals surface area contributed by atoms with E-state index in [0.717, 1.165) is 21.6 Å². The fraction of sp³-hybridized carbons (Fsp3) is 0.0741. The summed E-state index contributed by atoms with van der Waals surface area (Å²) in [5.74, 6) is 0. The predicted molar refractivity (Wildman–Crippen MR) is 127 cm³/mol. The number of nitrogens with zero attached hydrogens (tertiary/aromatic N) is 5. The van der Waals surface area contributed by atoms with Crippen LogP contribution in [0.1, 0.15) is 23.6 Å². The molecule has 0 bridgehead atoms. The average molecular weight is 409 g/mol. The fourth-order valence-corrected chi connectivity index (χ4v) is 4.14. The van der Waals surface area contributed by atoms with E-state index in [9.17, 15) is 5.26 Å². The number of benzene rings is 3. The molecule has 0 aliphatic rings. The van der Waals surface area contributed by atoms with E-state index >= 15 is 0 Å². The summed E-state index contributed by atoms with van der Waals surface area (Å²) in [6.45, 7) is 27.0. The lowest BCUT2D eigenvalue weighted by atomic mass is 9.89. The minimum Gasteiger partial charge on any atom is -0.262 e. The fourth-order valence-electron chi connectivity index (χ4n) is 4.14. The molecule has 4 aromatic rings. The Kier molecular flexibility index (Phi) is 5.10. The van der Waals surface area contributed by atoms with E-state index in [1.165, 1.54) is 0 Å². The molecule has 5 nitrogen and oxygen atoms in total. The molecule has 32 heavy (non-hydrogen) atoms. The lowest BCUT2D eigenvalue weighted by molar-refractivity contribution is 1.37. The third kappa shape index (κ3) is 2.86. The number of aryl methyl sites for hydroxylation is 1. The summed E-state index contributed by atoms with van der Waals surface area (Å²) in [7, 11) is 0. The van der Waals surface area contributed by atoms with Gasteiger partial charge in [0.05, 0.1) is 36.9 Å². The topological polar surface area (TPSA) is 49.8 Å². The van der Waals surface area contributed by atoms with Gasteiger partial charge in [0.25, 0.3) is 0 Å². The molecule has 0 saturated carbocycles. The van der Waals surface area contributed by atoms with E-state index in [-0.39, 0.29) is 22.6 Å². The van der Waals surface area contributed by atoms with Gasteiger partial charge < -0.3 is 0 Å². The Bertz CT molecular complexity index is 1730. The monoisotopic (exact) mass is 409 g/mol. The Morgan fingerprint density at radius 1 is 0.906 bits per heavy atom. The van der Waals surface area contributed by atoms with Crippen LogP contribution >= 0.6 is 0 Å². The second-order valence-electron chi connectivity index (χ2n) is 7.12. The van der Waals surface area contributed by atoms with Crippen molar-refractivity contribution < 1.29 is 0 Å². The minimum absolute atomic E-state index is 0.0771. The van der Waals surface area contributed by atoms with Gasteiger partial charge in [0, 0.05) is 11.6 Å². The van der Waals surface area contributed by atoms with Crippen molar-refractivity contribution in [1.82, 2.24) is 4.98 Å². The molecule has 0 radical (unpaired) electrons. The van der Waals surface area contributed by atoms with Gasteiger partial charge in [0.15, 0.2) is 5.69 Å². The Hall–Kier alpha value is -4.97. The van der Waals surface area contributed by atoms with Crippen molar-refractivity contribution in [3.8, 4) is 6.07 Å². The molecule has 1 heterocycles. The number of aromatic nitrogens is 1. The van der Waals surface area contributed by atoms with Gasteiger partial charge in [-0.05, 0) is 58.3 Å². The van der Waals surface area contributed by atoms with E-state index in [2.05, 4.69) is 25.6 Å². The van der Waals surface area contributed by atoms with Crippen LogP contribution in [0.4, 0.5) is 17.1 Å². The summed E-state index contributed by atoms with van der Waals surface area (Å²) in [5, 5.41) is 13.7. The second kappa shape index (κ2) is 8.04. The summed E-state index contributed by atoms with van der Waals surface area (Å²) in [5.41, 5.74) is 2.32. The average Bonchev–Trinajstić information content (AvgIpc) is 2.84. The quantitative estimate of drug-likeness (QED) is 0.292. The molecule has 0 fully saturated rings. The molecule has 0 aliphatic heterocycles. The number of nitriles is 1.